The van der Waals surface area contributed by atoms with Crippen molar-refractivity contribution >= 4 is 38.9 Å². The van der Waals surface area contributed by atoms with Crippen molar-refractivity contribution in [2.24, 2.45) is 0 Å². The number of carbonyl (C=O) groups excluding carboxylic acids is 1. The highest BCUT2D eigenvalue weighted by molar-refractivity contribution is 9.11. The topological polar surface area (TPSA) is 64.1 Å². The highest BCUT2D eigenvalue weighted by Gasteiger charge is 2.15. The Hall–Kier alpha value is -1.47. The van der Waals surface area contributed by atoms with Gasteiger partial charge >= 0.3 is 0 Å². The third-order valence-electron chi connectivity index (χ3n) is 2.56. The van der Waals surface area contributed by atoms with Crippen molar-refractivity contribution in [2.75, 3.05) is 5.32 Å². The number of aryl methyl sites for hydroxylation is 1. The maximum absolute atomic E-state index is 11.2. The lowest BCUT2D eigenvalue weighted by Crippen LogP contribution is -2.18. The van der Waals surface area contributed by atoms with Crippen LogP contribution in [0.1, 0.15) is 12.0 Å². The quantitative estimate of drug-likeness (QED) is 0.921. The monoisotopic (exact) mass is 325 g/mol. The fourth-order valence-corrected chi connectivity index (χ4v) is 2.70. The average Bonchev–Trinajstić information content (AvgIpc) is 2.75. The molecule has 2 heterocycles. The summed E-state index contributed by atoms with van der Waals surface area (Å²) >= 11 is 4.55. The second kappa shape index (κ2) is 4.66. The Balaban J connectivity index is 1.84. The normalized spacial score (nSPS) is 13.9. The van der Waals surface area contributed by atoms with Gasteiger partial charge in [-0.2, -0.15) is 0 Å². The van der Waals surface area contributed by atoms with Crippen molar-refractivity contribution in [3.05, 3.63) is 27.7 Å². The molecule has 0 bridgehead atoms. The van der Waals surface area contributed by atoms with Gasteiger partial charge in [0, 0.05) is 12.1 Å². The third-order valence-corrected chi connectivity index (χ3v) is 3.79. The standard InChI is InChI=1S/C11H8BrN3O2S/c12-10-14-15-11(18-10)17-7-2-3-8-6(5-7)1-4-9(16)13-8/h2-3,5H,1,4H2,(H,13,16). The van der Waals surface area contributed by atoms with Crippen LogP contribution < -0.4 is 10.1 Å². The number of benzene rings is 1. The number of nitrogens with one attached hydrogen (secondary N) is 1. The van der Waals surface area contributed by atoms with E-state index >= 15 is 0 Å². The van der Waals surface area contributed by atoms with Gasteiger partial charge in [0.1, 0.15) is 5.75 Å². The first-order valence-electron chi connectivity index (χ1n) is 5.30. The Morgan fingerprint density at radius 3 is 3.00 bits per heavy atom. The van der Waals surface area contributed by atoms with E-state index < -0.39 is 0 Å². The van der Waals surface area contributed by atoms with E-state index in [-0.39, 0.29) is 5.91 Å². The summed E-state index contributed by atoms with van der Waals surface area (Å²) in [4.78, 5) is 11.2. The minimum Gasteiger partial charge on any atom is -0.430 e. The van der Waals surface area contributed by atoms with Gasteiger partial charge in [-0.25, -0.2) is 0 Å². The summed E-state index contributed by atoms with van der Waals surface area (Å²) in [5.41, 5.74) is 1.94. The molecule has 0 saturated heterocycles. The van der Waals surface area contributed by atoms with Crippen LogP contribution in [0.3, 0.4) is 0 Å². The van der Waals surface area contributed by atoms with Gasteiger partial charge in [0.25, 0.3) is 5.19 Å². The van der Waals surface area contributed by atoms with Crippen LogP contribution in [0.5, 0.6) is 10.9 Å². The summed E-state index contributed by atoms with van der Waals surface area (Å²) in [5, 5.41) is 11.0. The van der Waals surface area contributed by atoms with Gasteiger partial charge in [0.15, 0.2) is 3.92 Å². The number of rotatable bonds is 2. The Bertz CT molecular complexity index is 614. The van der Waals surface area contributed by atoms with E-state index in [2.05, 4.69) is 31.4 Å². The van der Waals surface area contributed by atoms with E-state index in [1.54, 1.807) is 6.07 Å². The van der Waals surface area contributed by atoms with E-state index in [1.807, 2.05) is 12.1 Å². The van der Waals surface area contributed by atoms with Gasteiger partial charge in [-0.05, 0) is 57.5 Å². The number of fused-ring (bicyclic) bond motifs is 1. The van der Waals surface area contributed by atoms with Crippen molar-refractivity contribution in [3.63, 3.8) is 0 Å². The summed E-state index contributed by atoms with van der Waals surface area (Å²) in [7, 11) is 0. The van der Waals surface area contributed by atoms with Gasteiger partial charge in [-0.3, -0.25) is 4.79 Å². The first-order valence-corrected chi connectivity index (χ1v) is 6.91. The van der Waals surface area contributed by atoms with Crippen molar-refractivity contribution < 1.29 is 9.53 Å². The summed E-state index contributed by atoms with van der Waals surface area (Å²) < 4.78 is 6.28. The second-order valence-corrected chi connectivity index (χ2v) is 6.01. The maximum Gasteiger partial charge on any atom is 0.300 e. The van der Waals surface area contributed by atoms with Crippen LogP contribution in [-0.2, 0) is 11.2 Å². The molecule has 1 aliphatic heterocycles. The van der Waals surface area contributed by atoms with Crippen LogP contribution in [-0.4, -0.2) is 16.1 Å². The molecular weight excluding hydrogens is 318 g/mol. The smallest absolute Gasteiger partial charge is 0.300 e. The molecule has 0 fully saturated rings. The number of hydrogen-bond acceptors (Lipinski definition) is 5. The number of ether oxygens (including phenoxy) is 1. The SMILES string of the molecule is O=C1CCc2cc(Oc3nnc(Br)s3)ccc2N1. The van der Waals surface area contributed by atoms with Crippen molar-refractivity contribution in [1.82, 2.24) is 10.2 Å². The minimum atomic E-state index is 0.0595. The van der Waals surface area contributed by atoms with E-state index in [9.17, 15) is 4.79 Å². The van der Waals surface area contributed by atoms with Crippen LogP contribution >= 0.6 is 27.3 Å². The summed E-state index contributed by atoms with van der Waals surface area (Å²) in [6.07, 6.45) is 1.25. The van der Waals surface area contributed by atoms with Crippen LogP contribution in [0, 0.1) is 0 Å². The van der Waals surface area contributed by atoms with Crippen molar-refractivity contribution in [2.45, 2.75) is 12.8 Å². The molecule has 1 aromatic carbocycles. The zero-order valence-corrected chi connectivity index (χ0v) is 11.5. The van der Waals surface area contributed by atoms with Crippen molar-refractivity contribution in [1.29, 1.82) is 0 Å². The molecule has 0 unspecified atom stereocenters. The van der Waals surface area contributed by atoms with Gasteiger partial charge in [-0.1, -0.05) is 5.10 Å². The van der Waals surface area contributed by atoms with Gasteiger partial charge in [0.05, 0.1) is 0 Å². The van der Waals surface area contributed by atoms with E-state index in [0.29, 0.717) is 21.3 Å². The lowest BCUT2D eigenvalue weighted by atomic mass is 10.0. The first kappa shape index (κ1) is 11.6. The van der Waals surface area contributed by atoms with Crippen molar-refractivity contribution in [3.8, 4) is 10.9 Å². The Morgan fingerprint density at radius 1 is 1.33 bits per heavy atom. The number of anilines is 1. The molecule has 0 spiro atoms. The zero-order chi connectivity index (χ0) is 12.5. The Morgan fingerprint density at radius 2 is 2.22 bits per heavy atom. The van der Waals surface area contributed by atoms with Crippen LogP contribution in [0.2, 0.25) is 0 Å². The number of halogens is 1. The Kier molecular flexibility index (Phi) is 3.00. The number of carbonyl (C=O) groups is 1. The number of aromatic nitrogens is 2. The highest BCUT2D eigenvalue weighted by atomic mass is 79.9. The molecule has 0 radical (unpaired) electrons. The average molecular weight is 326 g/mol. The molecular formula is C11H8BrN3O2S. The molecule has 18 heavy (non-hydrogen) atoms. The molecule has 0 atom stereocenters. The Labute approximate surface area is 115 Å². The predicted molar refractivity (Wildman–Crippen MR) is 71.1 cm³/mol. The molecule has 0 saturated carbocycles. The summed E-state index contributed by atoms with van der Waals surface area (Å²) in [6, 6.07) is 5.57. The molecule has 5 nitrogen and oxygen atoms in total. The van der Waals surface area contributed by atoms with Gasteiger partial charge in [-0.15, -0.1) is 5.10 Å². The van der Waals surface area contributed by atoms with Gasteiger partial charge < -0.3 is 10.1 Å². The molecule has 2 aromatic rings. The highest BCUT2D eigenvalue weighted by Crippen LogP contribution is 2.31. The largest absolute Gasteiger partial charge is 0.430 e. The lowest BCUT2D eigenvalue weighted by Gasteiger charge is -2.17. The molecule has 1 N–H and O–H groups in total. The van der Waals surface area contributed by atoms with Crippen LogP contribution in [0.4, 0.5) is 5.69 Å². The lowest BCUT2D eigenvalue weighted by molar-refractivity contribution is -0.116. The van der Waals surface area contributed by atoms with Crippen LogP contribution in [0.15, 0.2) is 22.1 Å². The molecule has 92 valence electrons. The fraction of sp³-hybridized carbons (Fsp3) is 0.182. The molecule has 3 rings (SSSR count). The predicted octanol–water partition coefficient (Wildman–Crippen LogP) is 2.98. The van der Waals surface area contributed by atoms with E-state index in [0.717, 1.165) is 17.7 Å². The summed E-state index contributed by atoms with van der Waals surface area (Å²) in [5.74, 6) is 0.762. The number of nitrogens with zero attached hydrogens (tertiary/aromatic N) is 2. The maximum atomic E-state index is 11.2. The first-order chi connectivity index (χ1) is 8.70. The van der Waals surface area contributed by atoms with E-state index in [1.165, 1.54) is 11.3 Å². The number of hydrogen-bond donors (Lipinski definition) is 1. The van der Waals surface area contributed by atoms with E-state index in [4.69, 9.17) is 4.74 Å². The fourth-order valence-electron chi connectivity index (χ4n) is 1.76. The zero-order valence-electron chi connectivity index (χ0n) is 9.14. The molecule has 1 aromatic heterocycles. The molecule has 0 aliphatic carbocycles. The van der Waals surface area contributed by atoms with Crippen LogP contribution in [0.25, 0.3) is 0 Å². The second-order valence-electron chi connectivity index (χ2n) is 3.79. The molecule has 1 amide bonds. The molecule has 7 heteroatoms. The minimum absolute atomic E-state index is 0.0595. The number of amides is 1. The van der Waals surface area contributed by atoms with Gasteiger partial charge in [0.2, 0.25) is 5.91 Å². The third kappa shape index (κ3) is 2.37. The molecule has 1 aliphatic rings. The summed E-state index contributed by atoms with van der Waals surface area (Å²) in [6.45, 7) is 0.